The van der Waals surface area contributed by atoms with Gasteiger partial charge in [-0.25, -0.2) is 4.98 Å². The fraction of sp³-hybridized carbons (Fsp3) is 0.565. The lowest BCUT2D eigenvalue weighted by atomic mass is 9.93. The Balaban J connectivity index is 1.43. The standard InChI is InChI=1S/C23H35N5O/c1-3-25-23(26-12-7-8-16-29-18-21-9-5-4-6-10-21)27-14-11-20(2)22(17-27)28-15-13-24-19-28/h4-6,9-10,13,15,19-20,22H,3,7-8,11-12,14,16-18H2,1-2H3,(H,25,26). The van der Waals surface area contributed by atoms with Crippen molar-refractivity contribution in [1.82, 2.24) is 19.8 Å². The summed E-state index contributed by atoms with van der Waals surface area (Å²) in [5.41, 5.74) is 1.23. The van der Waals surface area contributed by atoms with Gasteiger partial charge in [0, 0.05) is 45.2 Å². The minimum Gasteiger partial charge on any atom is -0.377 e. The van der Waals surface area contributed by atoms with E-state index >= 15 is 0 Å². The molecule has 29 heavy (non-hydrogen) atoms. The van der Waals surface area contributed by atoms with Crippen molar-refractivity contribution < 1.29 is 4.74 Å². The van der Waals surface area contributed by atoms with Gasteiger partial charge in [-0.15, -0.1) is 0 Å². The van der Waals surface area contributed by atoms with Crippen LogP contribution in [0.15, 0.2) is 54.0 Å². The highest BCUT2D eigenvalue weighted by Gasteiger charge is 2.28. The minimum atomic E-state index is 0.446. The van der Waals surface area contributed by atoms with Crippen LogP contribution in [-0.2, 0) is 11.3 Å². The van der Waals surface area contributed by atoms with E-state index in [4.69, 9.17) is 9.73 Å². The molecule has 0 amide bonds. The maximum Gasteiger partial charge on any atom is 0.193 e. The molecule has 2 aromatic rings. The van der Waals surface area contributed by atoms with Crippen LogP contribution in [0, 0.1) is 5.92 Å². The third kappa shape index (κ3) is 6.60. The van der Waals surface area contributed by atoms with E-state index in [9.17, 15) is 0 Å². The van der Waals surface area contributed by atoms with Gasteiger partial charge < -0.3 is 19.5 Å². The predicted molar refractivity (Wildman–Crippen MR) is 118 cm³/mol. The summed E-state index contributed by atoms with van der Waals surface area (Å²) in [6.45, 7) is 9.69. The predicted octanol–water partition coefficient (Wildman–Crippen LogP) is 3.73. The first kappa shape index (κ1) is 21.4. The Labute approximate surface area is 175 Å². The summed E-state index contributed by atoms with van der Waals surface area (Å²) in [6.07, 6.45) is 9.11. The van der Waals surface area contributed by atoms with E-state index in [2.05, 4.69) is 51.9 Å². The Bertz CT molecular complexity index is 716. The lowest BCUT2D eigenvalue weighted by Crippen LogP contribution is -2.49. The molecule has 1 aliphatic rings. The monoisotopic (exact) mass is 397 g/mol. The highest BCUT2D eigenvalue weighted by Crippen LogP contribution is 2.27. The van der Waals surface area contributed by atoms with Gasteiger partial charge in [-0.05, 0) is 37.7 Å². The Morgan fingerprint density at radius 1 is 1.28 bits per heavy atom. The quantitative estimate of drug-likeness (QED) is 0.398. The Morgan fingerprint density at radius 3 is 2.90 bits per heavy atom. The number of aliphatic imine (C=N–C) groups is 1. The molecule has 2 heterocycles. The lowest BCUT2D eigenvalue weighted by Gasteiger charge is -2.39. The van der Waals surface area contributed by atoms with Crippen LogP contribution in [0.25, 0.3) is 0 Å². The molecule has 0 saturated carbocycles. The van der Waals surface area contributed by atoms with Gasteiger partial charge in [-0.2, -0.15) is 0 Å². The van der Waals surface area contributed by atoms with Crippen LogP contribution in [0.3, 0.4) is 0 Å². The van der Waals surface area contributed by atoms with E-state index in [0.717, 1.165) is 51.6 Å². The van der Waals surface area contributed by atoms with Crippen molar-refractivity contribution in [2.24, 2.45) is 10.9 Å². The summed E-state index contributed by atoms with van der Waals surface area (Å²) in [4.78, 5) is 11.5. The Hall–Kier alpha value is -2.34. The van der Waals surface area contributed by atoms with Crippen molar-refractivity contribution in [2.75, 3.05) is 32.8 Å². The van der Waals surface area contributed by atoms with E-state index in [0.29, 0.717) is 18.6 Å². The van der Waals surface area contributed by atoms with Crippen molar-refractivity contribution in [3.63, 3.8) is 0 Å². The number of imidazole rings is 1. The number of ether oxygens (including phenoxy) is 1. The van der Waals surface area contributed by atoms with Crippen LogP contribution in [0.1, 0.15) is 44.7 Å². The fourth-order valence-corrected chi connectivity index (χ4v) is 3.79. The highest BCUT2D eigenvalue weighted by atomic mass is 16.5. The number of benzene rings is 1. The first-order valence-corrected chi connectivity index (χ1v) is 10.9. The smallest absolute Gasteiger partial charge is 0.193 e. The molecule has 1 aromatic heterocycles. The van der Waals surface area contributed by atoms with E-state index in [1.165, 1.54) is 12.0 Å². The van der Waals surface area contributed by atoms with Gasteiger partial charge in [0.2, 0.25) is 0 Å². The molecular weight excluding hydrogens is 362 g/mol. The number of piperidine rings is 1. The molecule has 0 aliphatic carbocycles. The highest BCUT2D eigenvalue weighted by molar-refractivity contribution is 5.80. The van der Waals surface area contributed by atoms with Crippen LogP contribution < -0.4 is 5.32 Å². The van der Waals surface area contributed by atoms with Crippen LogP contribution in [-0.4, -0.2) is 53.2 Å². The number of nitrogens with zero attached hydrogens (tertiary/aromatic N) is 4. The first-order chi connectivity index (χ1) is 14.3. The fourth-order valence-electron chi connectivity index (χ4n) is 3.79. The van der Waals surface area contributed by atoms with Crippen LogP contribution in [0.2, 0.25) is 0 Å². The lowest BCUT2D eigenvalue weighted by molar-refractivity contribution is 0.117. The zero-order chi connectivity index (χ0) is 20.3. The maximum absolute atomic E-state index is 5.77. The van der Waals surface area contributed by atoms with E-state index < -0.39 is 0 Å². The summed E-state index contributed by atoms with van der Waals surface area (Å²) in [6, 6.07) is 10.8. The average Bonchev–Trinajstić information content (AvgIpc) is 3.28. The minimum absolute atomic E-state index is 0.446. The van der Waals surface area contributed by atoms with Gasteiger partial charge in [0.1, 0.15) is 0 Å². The number of unbranched alkanes of at least 4 members (excludes halogenated alkanes) is 1. The number of nitrogens with one attached hydrogen (secondary N) is 1. The molecule has 6 nitrogen and oxygen atoms in total. The van der Waals surface area contributed by atoms with Crippen molar-refractivity contribution in [3.8, 4) is 0 Å². The number of aromatic nitrogens is 2. The number of hydrogen-bond acceptors (Lipinski definition) is 3. The molecule has 2 atom stereocenters. The van der Waals surface area contributed by atoms with E-state index in [1.54, 1.807) is 0 Å². The molecule has 0 bridgehead atoms. The summed E-state index contributed by atoms with van der Waals surface area (Å²) >= 11 is 0. The molecule has 1 aliphatic heterocycles. The summed E-state index contributed by atoms with van der Waals surface area (Å²) in [5, 5.41) is 3.48. The third-order valence-corrected chi connectivity index (χ3v) is 5.53. The molecule has 0 spiro atoms. The number of likely N-dealkylation sites (tertiary alicyclic amines) is 1. The topological polar surface area (TPSA) is 54.7 Å². The van der Waals surface area contributed by atoms with Crippen molar-refractivity contribution >= 4 is 5.96 Å². The van der Waals surface area contributed by atoms with Crippen LogP contribution in [0.5, 0.6) is 0 Å². The van der Waals surface area contributed by atoms with Crippen molar-refractivity contribution in [2.45, 2.75) is 45.8 Å². The van der Waals surface area contributed by atoms with Crippen molar-refractivity contribution in [3.05, 3.63) is 54.6 Å². The second-order valence-electron chi connectivity index (χ2n) is 7.77. The SMILES string of the molecule is CCNC(=NCCCCOCc1ccccc1)N1CCC(C)C(n2ccnc2)C1. The number of rotatable bonds is 9. The Morgan fingerprint density at radius 2 is 2.14 bits per heavy atom. The zero-order valence-corrected chi connectivity index (χ0v) is 17.8. The molecule has 3 rings (SSSR count). The molecule has 1 N–H and O–H groups in total. The van der Waals surface area contributed by atoms with E-state index in [-0.39, 0.29) is 0 Å². The largest absolute Gasteiger partial charge is 0.377 e. The van der Waals surface area contributed by atoms with Crippen molar-refractivity contribution in [1.29, 1.82) is 0 Å². The zero-order valence-electron chi connectivity index (χ0n) is 17.8. The van der Waals surface area contributed by atoms with Gasteiger partial charge in [0.25, 0.3) is 0 Å². The summed E-state index contributed by atoms with van der Waals surface area (Å²) in [7, 11) is 0. The van der Waals surface area contributed by atoms with Crippen LogP contribution >= 0.6 is 0 Å². The first-order valence-electron chi connectivity index (χ1n) is 10.9. The Kier molecular flexibility index (Phi) is 8.56. The molecular formula is C23H35N5O. The second-order valence-corrected chi connectivity index (χ2v) is 7.77. The number of guanidine groups is 1. The molecule has 1 saturated heterocycles. The second kappa shape index (κ2) is 11.6. The van der Waals surface area contributed by atoms with Gasteiger partial charge in [0.15, 0.2) is 5.96 Å². The summed E-state index contributed by atoms with van der Waals surface area (Å²) < 4.78 is 8.02. The molecule has 1 fully saturated rings. The number of hydrogen-bond donors (Lipinski definition) is 1. The van der Waals surface area contributed by atoms with Gasteiger partial charge in [0.05, 0.1) is 19.0 Å². The van der Waals surface area contributed by atoms with E-state index in [1.807, 2.05) is 30.7 Å². The molecule has 0 radical (unpaired) electrons. The molecule has 158 valence electrons. The molecule has 2 unspecified atom stereocenters. The maximum atomic E-state index is 5.77. The van der Waals surface area contributed by atoms with Gasteiger partial charge in [-0.1, -0.05) is 37.3 Å². The third-order valence-electron chi connectivity index (χ3n) is 5.53. The van der Waals surface area contributed by atoms with Gasteiger partial charge >= 0.3 is 0 Å². The van der Waals surface area contributed by atoms with Gasteiger partial charge in [-0.3, -0.25) is 4.99 Å². The normalized spacial score (nSPS) is 20.1. The summed E-state index contributed by atoms with van der Waals surface area (Å²) in [5.74, 6) is 1.68. The molecule has 6 heteroatoms. The van der Waals surface area contributed by atoms with Crippen LogP contribution in [0.4, 0.5) is 0 Å². The molecule has 1 aromatic carbocycles. The average molecular weight is 398 g/mol.